The Morgan fingerprint density at radius 1 is 1.11 bits per heavy atom. The monoisotopic (exact) mass is 362 g/mol. The Bertz CT molecular complexity index is 1080. The number of carbonyl (C=O) groups is 1. The lowest BCUT2D eigenvalue weighted by Gasteiger charge is -2.11. The Balaban J connectivity index is 1.56. The summed E-state index contributed by atoms with van der Waals surface area (Å²) < 4.78 is 16.0. The molecular formula is C21H18N2O4. The minimum absolute atomic E-state index is 0.0106. The zero-order valence-corrected chi connectivity index (χ0v) is 15.0. The summed E-state index contributed by atoms with van der Waals surface area (Å²) in [6.45, 7) is 4.09. The van der Waals surface area contributed by atoms with Gasteiger partial charge in [0.1, 0.15) is 12.3 Å². The largest absolute Gasteiger partial charge is 0.461 e. The van der Waals surface area contributed by atoms with Crippen LogP contribution < -0.4 is 0 Å². The third kappa shape index (κ3) is 3.46. The van der Waals surface area contributed by atoms with E-state index in [4.69, 9.17) is 13.7 Å². The van der Waals surface area contributed by atoms with Gasteiger partial charge in [0, 0.05) is 17.1 Å². The summed E-state index contributed by atoms with van der Waals surface area (Å²) in [4.78, 5) is 17.3. The number of carbonyl (C=O) groups excluding carboxylic acids is 1. The van der Waals surface area contributed by atoms with Crippen molar-refractivity contribution in [3.05, 3.63) is 71.7 Å². The molecule has 0 aliphatic rings. The van der Waals surface area contributed by atoms with E-state index in [2.05, 4.69) is 10.1 Å². The molecule has 0 spiro atoms. The average Bonchev–Trinajstić information content (AvgIpc) is 3.36. The highest BCUT2D eigenvalue weighted by Gasteiger charge is 2.17. The van der Waals surface area contributed by atoms with E-state index in [0.29, 0.717) is 22.8 Å². The van der Waals surface area contributed by atoms with Crippen molar-refractivity contribution in [1.29, 1.82) is 0 Å². The zero-order valence-electron chi connectivity index (χ0n) is 15.0. The van der Waals surface area contributed by atoms with Gasteiger partial charge < -0.3 is 13.7 Å². The number of rotatable bonds is 5. The molecule has 0 fully saturated rings. The molecular weight excluding hydrogens is 344 g/mol. The van der Waals surface area contributed by atoms with Crippen LogP contribution in [-0.2, 0) is 11.3 Å². The van der Waals surface area contributed by atoms with Gasteiger partial charge in [-0.15, -0.1) is 0 Å². The van der Waals surface area contributed by atoms with Crippen LogP contribution in [0.15, 0.2) is 63.7 Å². The normalized spacial score (nSPS) is 11.2. The quantitative estimate of drug-likeness (QED) is 0.467. The van der Waals surface area contributed by atoms with Gasteiger partial charge in [-0.25, -0.2) is 4.79 Å². The van der Waals surface area contributed by atoms with Crippen LogP contribution in [0.25, 0.3) is 22.4 Å². The smallest absolute Gasteiger partial charge is 0.339 e. The minimum atomic E-state index is -0.418. The number of fused-ring (bicyclic) bond motifs is 1. The van der Waals surface area contributed by atoms with Gasteiger partial charge in [0.15, 0.2) is 5.76 Å². The van der Waals surface area contributed by atoms with Crippen molar-refractivity contribution in [2.45, 2.75) is 26.4 Å². The summed E-state index contributed by atoms with van der Waals surface area (Å²) in [5.74, 6) is 0.842. The van der Waals surface area contributed by atoms with Crippen LogP contribution in [0.3, 0.4) is 0 Å². The third-order valence-electron chi connectivity index (χ3n) is 4.22. The van der Waals surface area contributed by atoms with Crippen LogP contribution in [0.2, 0.25) is 0 Å². The van der Waals surface area contributed by atoms with Crippen molar-refractivity contribution in [1.82, 2.24) is 10.1 Å². The maximum absolute atomic E-state index is 12.7. The molecule has 1 aromatic carbocycles. The number of pyridine rings is 1. The molecule has 0 unspecified atom stereocenters. The molecule has 3 heterocycles. The van der Waals surface area contributed by atoms with Gasteiger partial charge in [-0.05, 0) is 30.2 Å². The summed E-state index contributed by atoms with van der Waals surface area (Å²) in [7, 11) is 0. The summed E-state index contributed by atoms with van der Waals surface area (Å²) in [5.41, 5.74) is 2.63. The molecule has 0 atom stereocenters. The van der Waals surface area contributed by atoms with Gasteiger partial charge in [-0.1, -0.05) is 37.2 Å². The molecule has 0 saturated heterocycles. The fourth-order valence-corrected chi connectivity index (χ4v) is 2.79. The van der Waals surface area contributed by atoms with E-state index in [1.54, 1.807) is 30.5 Å². The predicted octanol–water partition coefficient (Wildman–Crippen LogP) is 4.96. The average molecular weight is 362 g/mol. The van der Waals surface area contributed by atoms with Gasteiger partial charge in [0.2, 0.25) is 5.76 Å². The fraction of sp³-hybridized carbons (Fsp3) is 0.190. The second-order valence-corrected chi connectivity index (χ2v) is 6.50. The number of hydrogen-bond acceptors (Lipinski definition) is 6. The molecule has 0 aliphatic heterocycles. The first-order valence-corrected chi connectivity index (χ1v) is 8.68. The lowest BCUT2D eigenvalue weighted by molar-refractivity contribution is 0.0466. The number of furan rings is 1. The van der Waals surface area contributed by atoms with Crippen LogP contribution in [0.1, 0.15) is 41.5 Å². The Hall–Kier alpha value is -3.41. The highest BCUT2D eigenvalue weighted by Crippen LogP contribution is 2.24. The highest BCUT2D eigenvalue weighted by molar-refractivity contribution is 6.03. The summed E-state index contributed by atoms with van der Waals surface area (Å²) >= 11 is 0. The van der Waals surface area contributed by atoms with E-state index >= 15 is 0 Å². The van der Waals surface area contributed by atoms with Gasteiger partial charge in [-0.2, -0.15) is 0 Å². The van der Waals surface area contributed by atoms with E-state index in [-0.39, 0.29) is 12.5 Å². The van der Waals surface area contributed by atoms with Gasteiger partial charge in [0.25, 0.3) is 0 Å². The first-order chi connectivity index (χ1) is 13.1. The molecule has 0 radical (unpaired) electrons. The third-order valence-corrected chi connectivity index (χ3v) is 4.22. The van der Waals surface area contributed by atoms with E-state index < -0.39 is 5.97 Å². The molecule has 27 heavy (non-hydrogen) atoms. The molecule has 6 heteroatoms. The van der Waals surface area contributed by atoms with Crippen LogP contribution in [-0.4, -0.2) is 16.1 Å². The van der Waals surface area contributed by atoms with Crippen molar-refractivity contribution in [2.75, 3.05) is 0 Å². The van der Waals surface area contributed by atoms with Gasteiger partial charge in [-0.3, -0.25) is 4.98 Å². The SMILES string of the molecule is CC(C)c1cc(C(=O)OCc2cc(-c3ccco3)on2)c2ccccc2n1. The summed E-state index contributed by atoms with van der Waals surface area (Å²) in [5, 5.41) is 4.69. The molecule has 4 rings (SSSR count). The summed E-state index contributed by atoms with van der Waals surface area (Å²) in [6, 6.07) is 14.6. The van der Waals surface area contributed by atoms with Crippen LogP contribution in [0.5, 0.6) is 0 Å². The number of hydrogen-bond donors (Lipinski definition) is 0. The molecule has 0 bridgehead atoms. The van der Waals surface area contributed by atoms with Crippen LogP contribution >= 0.6 is 0 Å². The van der Waals surface area contributed by atoms with Gasteiger partial charge in [0.05, 0.1) is 17.3 Å². The lowest BCUT2D eigenvalue weighted by atomic mass is 10.0. The zero-order chi connectivity index (χ0) is 18.8. The van der Waals surface area contributed by atoms with E-state index in [1.165, 1.54) is 0 Å². The number of nitrogens with zero attached hydrogens (tertiary/aromatic N) is 2. The van der Waals surface area contributed by atoms with Crippen molar-refractivity contribution < 1.29 is 18.5 Å². The number of ether oxygens (including phenoxy) is 1. The molecule has 0 amide bonds. The van der Waals surface area contributed by atoms with Crippen LogP contribution in [0.4, 0.5) is 0 Å². The van der Waals surface area contributed by atoms with Crippen molar-refractivity contribution in [3.63, 3.8) is 0 Å². The first-order valence-electron chi connectivity index (χ1n) is 8.68. The number of esters is 1. The standard InChI is InChI=1S/C21H18N2O4/c1-13(2)18-11-16(15-6-3-4-7-17(15)22-18)21(24)26-12-14-10-20(27-23-14)19-8-5-9-25-19/h3-11,13H,12H2,1-2H3. The Labute approximate surface area is 155 Å². The van der Waals surface area contributed by atoms with Crippen molar-refractivity contribution >= 4 is 16.9 Å². The number of aromatic nitrogens is 2. The molecule has 4 aromatic rings. The molecule has 6 nitrogen and oxygen atoms in total. The Morgan fingerprint density at radius 3 is 2.74 bits per heavy atom. The lowest BCUT2D eigenvalue weighted by Crippen LogP contribution is -2.08. The predicted molar refractivity (Wildman–Crippen MR) is 99.2 cm³/mol. The van der Waals surface area contributed by atoms with Crippen LogP contribution in [0, 0.1) is 0 Å². The van der Waals surface area contributed by atoms with E-state index in [1.807, 2.05) is 38.1 Å². The van der Waals surface area contributed by atoms with E-state index in [9.17, 15) is 4.79 Å². The molecule has 0 aliphatic carbocycles. The fourth-order valence-electron chi connectivity index (χ4n) is 2.79. The Kier molecular flexibility index (Phi) is 4.46. The summed E-state index contributed by atoms with van der Waals surface area (Å²) in [6.07, 6.45) is 1.55. The maximum Gasteiger partial charge on any atom is 0.339 e. The minimum Gasteiger partial charge on any atom is -0.461 e. The molecule has 3 aromatic heterocycles. The maximum atomic E-state index is 12.7. The van der Waals surface area contributed by atoms with Crippen molar-refractivity contribution in [2.24, 2.45) is 0 Å². The van der Waals surface area contributed by atoms with Gasteiger partial charge >= 0.3 is 5.97 Å². The highest BCUT2D eigenvalue weighted by atomic mass is 16.5. The number of para-hydroxylation sites is 1. The van der Waals surface area contributed by atoms with E-state index in [0.717, 1.165) is 16.6 Å². The van der Waals surface area contributed by atoms with Crippen molar-refractivity contribution in [3.8, 4) is 11.5 Å². The second kappa shape index (κ2) is 7.07. The molecule has 0 N–H and O–H groups in total. The number of benzene rings is 1. The second-order valence-electron chi connectivity index (χ2n) is 6.50. The Morgan fingerprint density at radius 2 is 1.96 bits per heavy atom. The molecule has 0 saturated carbocycles. The topological polar surface area (TPSA) is 78.4 Å². The first kappa shape index (κ1) is 17.0. The molecule has 136 valence electrons.